The summed E-state index contributed by atoms with van der Waals surface area (Å²) in [6, 6.07) is 15.5. The zero-order valence-corrected chi connectivity index (χ0v) is 15.9. The number of rotatable bonds is 9. The second-order valence-corrected chi connectivity index (χ2v) is 7.17. The van der Waals surface area contributed by atoms with Gasteiger partial charge in [0.1, 0.15) is 12.4 Å². The summed E-state index contributed by atoms with van der Waals surface area (Å²) >= 11 is 7.64. The molecule has 1 N–H and O–H groups in total. The van der Waals surface area contributed by atoms with Gasteiger partial charge in [-0.1, -0.05) is 48.5 Å². The minimum absolute atomic E-state index is 0.00493. The number of carboxylic acids is 1. The topological polar surface area (TPSA) is 49.8 Å². The molecule has 0 fully saturated rings. The van der Waals surface area contributed by atoms with Gasteiger partial charge in [0, 0.05) is 16.0 Å². The van der Waals surface area contributed by atoms with Crippen LogP contribution in [0.3, 0.4) is 0 Å². The van der Waals surface area contributed by atoms with E-state index in [1.165, 1.54) is 0 Å². The fourth-order valence-electron chi connectivity index (χ4n) is 2.38. The van der Waals surface area contributed by atoms with Crippen LogP contribution in [-0.4, -0.2) is 41.7 Å². The summed E-state index contributed by atoms with van der Waals surface area (Å²) in [5.41, 5.74) is 0. The second kappa shape index (κ2) is 9.70. The molecule has 25 heavy (non-hydrogen) atoms. The van der Waals surface area contributed by atoms with Gasteiger partial charge in [0.15, 0.2) is 0 Å². The van der Waals surface area contributed by atoms with Crippen molar-refractivity contribution in [2.75, 3.05) is 19.7 Å². The van der Waals surface area contributed by atoms with Crippen molar-refractivity contribution in [3.8, 4) is 5.75 Å². The Hall–Kier alpha value is -1.69. The summed E-state index contributed by atoms with van der Waals surface area (Å²) in [5.74, 6) is -0.0451. The van der Waals surface area contributed by atoms with Crippen molar-refractivity contribution < 1.29 is 14.6 Å². The molecule has 0 amide bonds. The number of hydrogen-bond acceptors (Lipinski definition) is 4. The van der Waals surface area contributed by atoms with Crippen LogP contribution in [0.1, 0.15) is 13.8 Å². The van der Waals surface area contributed by atoms with Crippen molar-refractivity contribution in [2.24, 2.45) is 0 Å². The van der Waals surface area contributed by atoms with E-state index in [1.807, 2.05) is 67.3 Å². The van der Waals surface area contributed by atoms with Gasteiger partial charge in [-0.3, -0.25) is 9.69 Å². The molecule has 0 heterocycles. The molecule has 2 aromatic rings. The van der Waals surface area contributed by atoms with Crippen LogP contribution >= 0.6 is 23.4 Å². The maximum Gasteiger partial charge on any atom is 0.317 e. The highest BCUT2D eigenvalue weighted by Crippen LogP contribution is 2.35. The first-order valence-electron chi connectivity index (χ1n) is 8.10. The highest BCUT2D eigenvalue weighted by atomic mass is 35.5. The molecule has 2 rings (SSSR count). The van der Waals surface area contributed by atoms with Crippen molar-refractivity contribution in [2.45, 2.75) is 29.7 Å². The molecule has 0 aromatic heterocycles. The molecule has 0 spiro atoms. The van der Waals surface area contributed by atoms with Gasteiger partial charge in [0.25, 0.3) is 0 Å². The van der Waals surface area contributed by atoms with Gasteiger partial charge < -0.3 is 9.84 Å². The van der Waals surface area contributed by atoms with Crippen molar-refractivity contribution in [1.29, 1.82) is 0 Å². The Balaban J connectivity index is 2.04. The lowest BCUT2D eigenvalue weighted by Crippen LogP contribution is -2.40. The third-order valence-corrected chi connectivity index (χ3v) is 5.00. The molecule has 0 aliphatic heterocycles. The Bertz CT molecular complexity index is 711. The molecule has 4 nitrogen and oxygen atoms in total. The van der Waals surface area contributed by atoms with Crippen LogP contribution in [0.15, 0.2) is 58.3 Å². The van der Waals surface area contributed by atoms with Crippen molar-refractivity contribution in [3.05, 3.63) is 53.6 Å². The lowest BCUT2D eigenvalue weighted by atomic mass is 10.3. The molecule has 134 valence electrons. The largest absolute Gasteiger partial charge is 0.491 e. The summed E-state index contributed by atoms with van der Waals surface area (Å²) < 4.78 is 5.98. The minimum atomic E-state index is -0.828. The van der Waals surface area contributed by atoms with E-state index in [-0.39, 0.29) is 12.6 Å². The number of para-hydroxylation sites is 1. The van der Waals surface area contributed by atoms with Gasteiger partial charge in [0.2, 0.25) is 0 Å². The van der Waals surface area contributed by atoms with Crippen molar-refractivity contribution >= 4 is 29.3 Å². The third kappa shape index (κ3) is 6.27. The molecular weight excluding hydrogens is 358 g/mol. The van der Waals surface area contributed by atoms with E-state index in [1.54, 1.807) is 11.8 Å². The predicted octanol–water partition coefficient (Wildman–Crippen LogP) is 4.67. The van der Waals surface area contributed by atoms with Gasteiger partial charge >= 0.3 is 5.97 Å². The molecule has 0 bridgehead atoms. The van der Waals surface area contributed by atoms with E-state index in [2.05, 4.69) is 0 Å². The smallest absolute Gasteiger partial charge is 0.317 e. The normalized spacial score (nSPS) is 12.2. The van der Waals surface area contributed by atoms with Crippen LogP contribution < -0.4 is 4.74 Å². The van der Waals surface area contributed by atoms with Crippen LogP contribution in [0, 0.1) is 0 Å². The van der Waals surface area contributed by atoms with E-state index in [9.17, 15) is 4.79 Å². The first-order chi connectivity index (χ1) is 12.0. The standard InChI is InChI=1S/C19H22ClNO3S/c1-3-21(12-19(22)23)14(2)13-24-17-9-4-5-10-18(17)25-16-8-6-7-15(20)11-16/h4-11,14H,3,12-13H2,1-2H3,(H,22,23). The lowest BCUT2D eigenvalue weighted by molar-refractivity contribution is -0.138. The monoisotopic (exact) mass is 379 g/mol. The van der Waals surface area contributed by atoms with Crippen LogP contribution in [0.2, 0.25) is 5.02 Å². The number of halogens is 1. The van der Waals surface area contributed by atoms with Crippen LogP contribution in [-0.2, 0) is 4.79 Å². The average molecular weight is 380 g/mol. The van der Waals surface area contributed by atoms with E-state index in [4.69, 9.17) is 21.4 Å². The van der Waals surface area contributed by atoms with E-state index in [0.717, 1.165) is 15.5 Å². The summed E-state index contributed by atoms with van der Waals surface area (Å²) in [4.78, 5) is 14.8. The average Bonchev–Trinajstić information content (AvgIpc) is 2.58. The van der Waals surface area contributed by atoms with E-state index < -0.39 is 5.97 Å². The summed E-state index contributed by atoms with van der Waals surface area (Å²) in [5, 5.41) is 9.68. The minimum Gasteiger partial charge on any atom is -0.491 e. The van der Waals surface area contributed by atoms with Gasteiger partial charge in [-0.2, -0.15) is 0 Å². The number of likely N-dealkylation sites (N-methyl/N-ethyl adjacent to an activating group) is 1. The van der Waals surface area contributed by atoms with Crippen LogP contribution in [0.4, 0.5) is 0 Å². The van der Waals surface area contributed by atoms with Crippen molar-refractivity contribution in [1.82, 2.24) is 4.90 Å². The predicted molar refractivity (Wildman–Crippen MR) is 102 cm³/mol. The van der Waals surface area contributed by atoms with Gasteiger partial charge in [-0.25, -0.2) is 0 Å². The lowest BCUT2D eigenvalue weighted by Gasteiger charge is -2.26. The Kier molecular flexibility index (Phi) is 7.62. The number of nitrogens with zero attached hydrogens (tertiary/aromatic N) is 1. The van der Waals surface area contributed by atoms with Gasteiger partial charge in [-0.05, 0) is 43.8 Å². The quantitative estimate of drug-likeness (QED) is 0.686. The number of hydrogen-bond donors (Lipinski definition) is 1. The zero-order chi connectivity index (χ0) is 18.2. The molecule has 0 aliphatic rings. The number of carbonyl (C=O) groups is 1. The highest BCUT2D eigenvalue weighted by Gasteiger charge is 2.16. The first kappa shape index (κ1) is 19.6. The Morgan fingerprint density at radius 1 is 1.28 bits per heavy atom. The molecule has 1 unspecified atom stereocenters. The summed E-state index contributed by atoms with van der Waals surface area (Å²) in [7, 11) is 0. The third-order valence-electron chi connectivity index (χ3n) is 3.72. The molecular formula is C19H22ClNO3S. The van der Waals surface area contributed by atoms with Gasteiger partial charge in [0.05, 0.1) is 11.4 Å². The van der Waals surface area contributed by atoms with Crippen molar-refractivity contribution in [3.63, 3.8) is 0 Å². The maximum atomic E-state index is 10.9. The molecule has 1 atom stereocenters. The Morgan fingerprint density at radius 3 is 2.72 bits per heavy atom. The van der Waals surface area contributed by atoms with Crippen LogP contribution in [0.5, 0.6) is 5.75 Å². The second-order valence-electron chi connectivity index (χ2n) is 5.62. The Labute approximate surface area is 157 Å². The number of carboxylic acid groups (broad SMARTS) is 1. The molecule has 0 saturated heterocycles. The number of benzene rings is 2. The van der Waals surface area contributed by atoms with Crippen LogP contribution in [0.25, 0.3) is 0 Å². The molecule has 2 aromatic carbocycles. The summed E-state index contributed by atoms with van der Waals surface area (Å²) in [6.07, 6.45) is 0. The van der Waals surface area contributed by atoms with E-state index in [0.29, 0.717) is 18.2 Å². The maximum absolute atomic E-state index is 10.9. The zero-order valence-electron chi connectivity index (χ0n) is 14.3. The Morgan fingerprint density at radius 2 is 2.04 bits per heavy atom. The SMILES string of the molecule is CCN(CC(=O)O)C(C)COc1ccccc1Sc1cccc(Cl)c1. The molecule has 0 aliphatic carbocycles. The summed E-state index contributed by atoms with van der Waals surface area (Å²) in [6.45, 7) is 5.02. The first-order valence-corrected chi connectivity index (χ1v) is 9.30. The molecule has 6 heteroatoms. The van der Waals surface area contributed by atoms with Gasteiger partial charge in [-0.15, -0.1) is 0 Å². The number of ether oxygens (including phenoxy) is 1. The molecule has 0 saturated carbocycles. The highest BCUT2D eigenvalue weighted by molar-refractivity contribution is 7.99. The fraction of sp³-hybridized carbons (Fsp3) is 0.316. The number of aliphatic carboxylic acids is 1. The molecule has 0 radical (unpaired) electrons. The van der Waals surface area contributed by atoms with E-state index >= 15 is 0 Å². The fourth-order valence-corrected chi connectivity index (χ4v) is 3.60.